The predicted octanol–water partition coefficient (Wildman–Crippen LogP) is -0.544. The molecule has 0 aliphatic carbocycles. The van der Waals surface area contributed by atoms with Gasteiger partial charge in [0.25, 0.3) is 0 Å². The first-order valence-corrected chi connectivity index (χ1v) is 7.25. The molecule has 18 heavy (non-hydrogen) atoms. The zero-order chi connectivity index (χ0) is 13.5. The van der Waals surface area contributed by atoms with Crippen molar-refractivity contribution < 1.29 is 13.5 Å². The molecule has 7 nitrogen and oxygen atoms in total. The van der Waals surface area contributed by atoms with Gasteiger partial charge in [0.05, 0.1) is 11.8 Å². The van der Waals surface area contributed by atoms with Crippen molar-refractivity contribution in [2.24, 2.45) is 7.05 Å². The smallest absolute Gasteiger partial charge is 0.248 e. The Kier molecular flexibility index (Phi) is 3.35. The van der Waals surface area contributed by atoms with Gasteiger partial charge >= 0.3 is 0 Å². The second-order valence-corrected chi connectivity index (χ2v) is 6.46. The summed E-state index contributed by atoms with van der Waals surface area (Å²) in [4.78, 5) is 0.0547. The van der Waals surface area contributed by atoms with Gasteiger partial charge < -0.3 is 10.8 Å². The number of β-amino-alcohol motifs (C(OH)–C–C–N with tert-alkyl or cyclic N) is 1. The third-order valence-corrected chi connectivity index (χ3v) is 5.29. The van der Waals surface area contributed by atoms with Crippen LogP contribution in [-0.4, -0.2) is 46.8 Å². The summed E-state index contributed by atoms with van der Waals surface area (Å²) in [5, 5.41) is 13.5. The van der Waals surface area contributed by atoms with Gasteiger partial charge in [0.2, 0.25) is 10.0 Å². The molecule has 1 aliphatic rings. The fourth-order valence-electron chi connectivity index (χ4n) is 2.20. The largest absolute Gasteiger partial charge is 0.392 e. The van der Waals surface area contributed by atoms with E-state index >= 15 is 0 Å². The van der Waals surface area contributed by atoms with Gasteiger partial charge in [0.1, 0.15) is 4.90 Å². The molecule has 0 spiro atoms. The third kappa shape index (κ3) is 2.11. The zero-order valence-electron chi connectivity index (χ0n) is 10.5. The van der Waals surface area contributed by atoms with Crippen LogP contribution in [0.25, 0.3) is 0 Å². The molecule has 0 radical (unpaired) electrons. The number of aliphatic hydroxyl groups is 1. The number of anilines is 1. The highest BCUT2D eigenvalue weighted by Gasteiger charge is 2.33. The molecule has 1 unspecified atom stereocenters. The first-order chi connectivity index (χ1) is 8.34. The summed E-state index contributed by atoms with van der Waals surface area (Å²) in [6.07, 6.45) is 0.680. The summed E-state index contributed by atoms with van der Waals surface area (Å²) in [6.45, 7) is 2.19. The average Bonchev–Trinajstić information content (AvgIpc) is 2.53. The van der Waals surface area contributed by atoms with Gasteiger partial charge in [0.15, 0.2) is 5.82 Å². The van der Waals surface area contributed by atoms with Crippen LogP contribution in [0.5, 0.6) is 0 Å². The molecule has 2 heterocycles. The first-order valence-electron chi connectivity index (χ1n) is 5.81. The van der Waals surface area contributed by atoms with Crippen molar-refractivity contribution in [3.8, 4) is 0 Å². The molecule has 1 aromatic rings. The van der Waals surface area contributed by atoms with E-state index in [0.717, 1.165) is 0 Å². The lowest BCUT2D eigenvalue weighted by Crippen LogP contribution is -2.42. The van der Waals surface area contributed by atoms with Gasteiger partial charge in [-0.2, -0.15) is 9.40 Å². The summed E-state index contributed by atoms with van der Waals surface area (Å²) in [6, 6.07) is 0. The van der Waals surface area contributed by atoms with Crippen LogP contribution in [0.1, 0.15) is 18.5 Å². The number of piperidine rings is 1. The molecule has 1 atom stereocenters. The van der Waals surface area contributed by atoms with Crippen molar-refractivity contribution in [3.05, 3.63) is 5.69 Å². The number of nitrogens with zero attached hydrogens (tertiary/aromatic N) is 3. The lowest BCUT2D eigenvalue weighted by atomic mass is 10.1. The number of rotatable bonds is 2. The van der Waals surface area contributed by atoms with Gasteiger partial charge in [-0.25, -0.2) is 8.42 Å². The second-order valence-electron chi connectivity index (χ2n) is 4.58. The minimum atomic E-state index is -3.67. The molecule has 102 valence electrons. The maximum atomic E-state index is 12.5. The lowest BCUT2D eigenvalue weighted by molar-refractivity contribution is 0.108. The van der Waals surface area contributed by atoms with Crippen LogP contribution >= 0.6 is 0 Å². The Morgan fingerprint density at radius 2 is 2.17 bits per heavy atom. The van der Waals surface area contributed by atoms with Gasteiger partial charge in [-0.1, -0.05) is 0 Å². The van der Waals surface area contributed by atoms with E-state index in [9.17, 15) is 13.5 Å². The molecule has 0 saturated carbocycles. The maximum absolute atomic E-state index is 12.5. The highest BCUT2D eigenvalue weighted by atomic mass is 32.2. The summed E-state index contributed by atoms with van der Waals surface area (Å²) >= 11 is 0. The number of hydrogen-bond donors (Lipinski definition) is 2. The molecule has 1 aromatic heterocycles. The summed E-state index contributed by atoms with van der Waals surface area (Å²) in [7, 11) is -2.02. The highest BCUT2D eigenvalue weighted by molar-refractivity contribution is 7.89. The van der Waals surface area contributed by atoms with E-state index in [1.165, 1.54) is 8.99 Å². The molecule has 1 saturated heterocycles. The standard InChI is InChI=1S/C10H18N4O3S/c1-7-9(10(11)12-13(7)2)18(16,17)14-5-3-4-8(15)6-14/h8,15H,3-6H2,1-2H3,(H2,11,12). The number of hydrogen-bond acceptors (Lipinski definition) is 5. The van der Waals surface area contributed by atoms with Crippen LogP contribution in [0.3, 0.4) is 0 Å². The molecule has 1 aliphatic heterocycles. The van der Waals surface area contributed by atoms with E-state index in [4.69, 9.17) is 5.73 Å². The number of nitrogen functional groups attached to an aromatic ring is 1. The number of aliphatic hydroxyl groups excluding tert-OH is 1. The van der Waals surface area contributed by atoms with Crippen molar-refractivity contribution >= 4 is 15.8 Å². The van der Waals surface area contributed by atoms with Crippen LogP contribution in [0.15, 0.2) is 4.90 Å². The van der Waals surface area contributed by atoms with Crippen molar-refractivity contribution in [2.45, 2.75) is 30.8 Å². The molecule has 1 fully saturated rings. The Morgan fingerprint density at radius 3 is 2.67 bits per heavy atom. The summed E-state index contributed by atoms with van der Waals surface area (Å²) in [5.41, 5.74) is 6.18. The van der Waals surface area contributed by atoms with Crippen LogP contribution in [0.2, 0.25) is 0 Å². The molecule has 3 N–H and O–H groups in total. The van der Waals surface area contributed by atoms with Crippen molar-refractivity contribution in [1.82, 2.24) is 14.1 Å². The van der Waals surface area contributed by atoms with Crippen LogP contribution in [-0.2, 0) is 17.1 Å². The van der Waals surface area contributed by atoms with E-state index < -0.39 is 16.1 Å². The van der Waals surface area contributed by atoms with Crippen molar-refractivity contribution in [1.29, 1.82) is 0 Å². The van der Waals surface area contributed by atoms with Gasteiger partial charge in [0, 0.05) is 20.1 Å². The third-order valence-electron chi connectivity index (χ3n) is 3.26. The monoisotopic (exact) mass is 274 g/mol. The molecule has 2 rings (SSSR count). The van der Waals surface area contributed by atoms with Crippen molar-refractivity contribution in [2.75, 3.05) is 18.8 Å². The number of aryl methyl sites for hydroxylation is 1. The number of sulfonamides is 1. The van der Waals surface area contributed by atoms with E-state index in [0.29, 0.717) is 25.1 Å². The zero-order valence-corrected chi connectivity index (χ0v) is 11.3. The van der Waals surface area contributed by atoms with Gasteiger partial charge in [-0.05, 0) is 19.8 Å². The maximum Gasteiger partial charge on any atom is 0.248 e. The van der Waals surface area contributed by atoms with E-state index in [1.54, 1.807) is 14.0 Å². The Bertz CT molecular complexity index is 552. The quantitative estimate of drug-likeness (QED) is 0.754. The average molecular weight is 274 g/mol. The molecule has 0 aromatic carbocycles. The Morgan fingerprint density at radius 1 is 1.50 bits per heavy atom. The van der Waals surface area contributed by atoms with Crippen LogP contribution in [0.4, 0.5) is 5.82 Å². The molecule has 0 amide bonds. The minimum Gasteiger partial charge on any atom is -0.392 e. The normalized spacial score (nSPS) is 22.3. The molecule has 8 heteroatoms. The molecular formula is C10H18N4O3S. The molecule has 0 bridgehead atoms. The highest BCUT2D eigenvalue weighted by Crippen LogP contribution is 2.27. The Hall–Kier alpha value is -1.12. The van der Waals surface area contributed by atoms with E-state index in [2.05, 4.69) is 5.10 Å². The van der Waals surface area contributed by atoms with Gasteiger partial charge in [-0.15, -0.1) is 0 Å². The van der Waals surface area contributed by atoms with Gasteiger partial charge in [-0.3, -0.25) is 4.68 Å². The van der Waals surface area contributed by atoms with Crippen LogP contribution in [0, 0.1) is 6.92 Å². The Labute approximate surface area is 106 Å². The van der Waals surface area contributed by atoms with E-state index in [-0.39, 0.29) is 17.3 Å². The lowest BCUT2D eigenvalue weighted by Gasteiger charge is -2.29. The second kappa shape index (κ2) is 4.52. The Balaban J connectivity index is 2.42. The SMILES string of the molecule is Cc1c(S(=O)(=O)N2CCCC(O)C2)c(N)nn1C. The fourth-order valence-corrected chi connectivity index (χ4v) is 4.01. The van der Waals surface area contributed by atoms with E-state index in [1.807, 2.05) is 0 Å². The van der Waals surface area contributed by atoms with Crippen molar-refractivity contribution in [3.63, 3.8) is 0 Å². The number of nitrogens with two attached hydrogens (primary N) is 1. The number of aromatic nitrogens is 2. The fraction of sp³-hybridized carbons (Fsp3) is 0.700. The van der Waals surface area contributed by atoms with Crippen LogP contribution < -0.4 is 5.73 Å². The topological polar surface area (TPSA) is 101 Å². The molecular weight excluding hydrogens is 256 g/mol. The minimum absolute atomic E-state index is 0.00932. The predicted molar refractivity (Wildman–Crippen MR) is 66.4 cm³/mol. The summed E-state index contributed by atoms with van der Waals surface area (Å²) < 4.78 is 27.7. The summed E-state index contributed by atoms with van der Waals surface area (Å²) in [5.74, 6) is 0.00932. The first kappa shape index (κ1) is 13.3.